The minimum atomic E-state index is 0.766. The molecule has 0 fully saturated rings. The minimum Gasteiger partial charge on any atom is -0.494 e. The molecule has 0 heterocycles. The molecule has 0 unspecified atom stereocenters. The van der Waals surface area contributed by atoms with E-state index in [1.165, 1.54) is 160 Å². The topological polar surface area (TPSA) is 18.5 Å². The Balaban J connectivity index is 1.28. The molecule has 58 heavy (non-hydrogen) atoms. The van der Waals surface area contributed by atoms with Gasteiger partial charge in [-0.05, 0) is 118 Å². The summed E-state index contributed by atoms with van der Waals surface area (Å²) in [4.78, 5) is 0. The molecular weight excluding hydrogens is 840 g/mol. The first-order chi connectivity index (χ1) is 28.6. The Kier molecular flexibility index (Phi) is 21.1. The number of benzene rings is 5. The normalized spacial score (nSPS) is 11.2. The fraction of sp³-hybridized carbons (Fsp3) is 0.444. The molecule has 0 saturated heterocycles. The lowest BCUT2D eigenvalue weighted by Crippen LogP contribution is -1.98. The van der Waals surface area contributed by atoms with Gasteiger partial charge in [-0.25, -0.2) is 0 Å². The molecule has 4 heteroatoms. The number of unbranched alkanes of at least 4 members (excludes halogenated alkanes) is 18. The Morgan fingerprint density at radius 2 is 0.638 bits per heavy atom. The minimum absolute atomic E-state index is 0.766. The van der Waals surface area contributed by atoms with Crippen LogP contribution < -0.4 is 9.47 Å². The van der Waals surface area contributed by atoms with E-state index in [0.29, 0.717) is 0 Å². The highest BCUT2D eigenvalue weighted by molar-refractivity contribution is 9.10. The van der Waals surface area contributed by atoms with Crippen molar-refractivity contribution < 1.29 is 9.47 Å². The summed E-state index contributed by atoms with van der Waals surface area (Å²) in [6, 6.07) is 39.5. The predicted molar refractivity (Wildman–Crippen MR) is 258 cm³/mol. The van der Waals surface area contributed by atoms with Crippen molar-refractivity contribution in [3.05, 3.63) is 118 Å². The van der Waals surface area contributed by atoms with Gasteiger partial charge < -0.3 is 9.47 Å². The third-order valence-electron chi connectivity index (χ3n) is 11.3. The van der Waals surface area contributed by atoms with Gasteiger partial charge in [-0.3, -0.25) is 0 Å². The molecule has 5 aromatic rings. The summed E-state index contributed by atoms with van der Waals surface area (Å²) in [5.74, 6) is 1.87. The summed E-state index contributed by atoms with van der Waals surface area (Å²) in [6.45, 7) is 6.11. The molecule has 0 saturated carbocycles. The van der Waals surface area contributed by atoms with Crippen molar-refractivity contribution in [3.63, 3.8) is 0 Å². The zero-order chi connectivity index (χ0) is 40.6. The monoisotopic (exact) mass is 906 g/mol. The summed E-state index contributed by atoms with van der Waals surface area (Å²) < 4.78 is 14.6. The van der Waals surface area contributed by atoms with Crippen LogP contribution in [-0.4, -0.2) is 13.2 Å². The highest BCUT2D eigenvalue weighted by Crippen LogP contribution is 2.44. The summed E-state index contributed by atoms with van der Waals surface area (Å²) in [5.41, 5.74) is 9.48. The quantitative estimate of drug-likeness (QED) is 0.0466. The summed E-state index contributed by atoms with van der Waals surface area (Å²) in [6.07, 6.45) is 26.5. The predicted octanol–water partition coefficient (Wildman–Crippen LogP) is 18.5. The van der Waals surface area contributed by atoms with Crippen LogP contribution >= 0.6 is 31.9 Å². The van der Waals surface area contributed by atoms with Gasteiger partial charge in [0.25, 0.3) is 0 Å². The molecule has 0 radical (unpaired) electrons. The average Bonchev–Trinajstić information content (AvgIpc) is 3.25. The number of ether oxygens (including phenoxy) is 2. The van der Waals surface area contributed by atoms with Gasteiger partial charge in [-0.1, -0.05) is 210 Å². The molecule has 5 rings (SSSR count). The molecule has 0 N–H and O–H groups in total. The Morgan fingerprint density at radius 3 is 1.00 bits per heavy atom. The van der Waals surface area contributed by atoms with E-state index in [1.54, 1.807) is 0 Å². The van der Waals surface area contributed by atoms with Gasteiger partial charge in [-0.15, -0.1) is 0 Å². The van der Waals surface area contributed by atoms with Crippen molar-refractivity contribution in [2.45, 2.75) is 142 Å². The van der Waals surface area contributed by atoms with Gasteiger partial charge in [0.05, 0.1) is 13.2 Å². The second kappa shape index (κ2) is 26.7. The second-order valence-electron chi connectivity index (χ2n) is 16.1. The van der Waals surface area contributed by atoms with Gasteiger partial charge in [-0.2, -0.15) is 0 Å². The maximum atomic E-state index is 6.26. The van der Waals surface area contributed by atoms with Crippen molar-refractivity contribution in [3.8, 4) is 56.0 Å². The summed E-state index contributed by atoms with van der Waals surface area (Å²) >= 11 is 7.34. The lowest BCUT2D eigenvalue weighted by atomic mass is 9.84. The van der Waals surface area contributed by atoms with Crippen molar-refractivity contribution in [2.75, 3.05) is 13.2 Å². The first kappa shape index (κ1) is 45.7. The lowest BCUT2D eigenvalue weighted by molar-refractivity contribution is 0.304. The van der Waals surface area contributed by atoms with Crippen LogP contribution in [-0.2, 0) is 0 Å². The third-order valence-corrected chi connectivity index (χ3v) is 12.4. The zero-order valence-electron chi connectivity index (χ0n) is 35.5. The van der Waals surface area contributed by atoms with E-state index in [0.717, 1.165) is 46.5 Å². The van der Waals surface area contributed by atoms with Crippen LogP contribution in [0.4, 0.5) is 0 Å². The largest absolute Gasteiger partial charge is 0.494 e. The van der Waals surface area contributed by atoms with Crippen LogP contribution in [0.15, 0.2) is 118 Å². The second-order valence-corrected chi connectivity index (χ2v) is 17.9. The zero-order valence-corrected chi connectivity index (χ0v) is 38.7. The van der Waals surface area contributed by atoms with Crippen LogP contribution in [0.25, 0.3) is 44.5 Å². The van der Waals surface area contributed by atoms with E-state index >= 15 is 0 Å². The molecule has 0 spiro atoms. The first-order valence-corrected chi connectivity index (χ1v) is 24.3. The molecule has 0 bridgehead atoms. The Hall–Kier alpha value is -3.34. The molecule has 5 aromatic carbocycles. The summed E-state index contributed by atoms with van der Waals surface area (Å²) in [5, 5.41) is 0. The van der Waals surface area contributed by atoms with E-state index in [2.05, 4.69) is 155 Å². The smallest absolute Gasteiger partial charge is 0.119 e. The lowest BCUT2D eigenvalue weighted by Gasteiger charge is -2.20. The molecule has 0 atom stereocenters. The van der Waals surface area contributed by atoms with Crippen molar-refractivity contribution in [1.82, 2.24) is 0 Å². The number of halogens is 2. The van der Waals surface area contributed by atoms with Gasteiger partial charge in [0.2, 0.25) is 0 Å². The summed E-state index contributed by atoms with van der Waals surface area (Å²) in [7, 11) is 0. The van der Waals surface area contributed by atoms with E-state index < -0.39 is 0 Å². The maximum Gasteiger partial charge on any atom is 0.119 e. The van der Waals surface area contributed by atoms with Crippen LogP contribution in [0, 0.1) is 0 Å². The van der Waals surface area contributed by atoms with Gasteiger partial charge >= 0.3 is 0 Å². The standard InChI is InChI=1S/C54H68Br2O2/c1-3-5-7-9-11-13-15-17-19-21-39-57-50-35-27-43(28-36-50)47-41-52(44-23-31-48(55)32-24-44)54(53(42-47)45-25-33-49(56)34-26-45)46-29-37-51(38-30-46)58-40-22-20-18-16-14-12-10-8-6-4-2/h23-38,41-42H,3-22,39-40H2,1-2H3. The van der Waals surface area contributed by atoms with Crippen molar-refractivity contribution in [1.29, 1.82) is 0 Å². The number of rotatable bonds is 28. The molecule has 0 aliphatic heterocycles. The molecule has 0 amide bonds. The Morgan fingerprint density at radius 1 is 0.328 bits per heavy atom. The number of hydrogen-bond donors (Lipinski definition) is 0. The molecule has 310 valence electrons. The molecular formula is C54H68Br2O2. The van der Waals surface area contributed by atoms with E-state index in [-0.39, 0.29) is 0 Å². The van der Waals surface area contributed by atoms with E-state index in [9.17, 15) is 0 Å². The molecule has 0 aliphatic rings. The van der Waals surface area contributed by atoms with Crippen LogP contribution in [0.1, 0.15) is 142 Å². The highest BCUT2D eigenvalue weighted by atomic mass is 79.9. The van der Waals surface area contributed by atoms with E-state index in [4.69, 9.17) is 9.47 Å². The highest BCUT2D eigenvalue weighted by Gasteiger charge is 2.18. The number of hydrogen-bond acceptors (Lipinski definition) is 2. The van der Waals surface area contributed by atoms with Gasteiger partial charge in [0.15, 0.2) is 0 Å². The molecule has 0 aromatic heterocycles. The Bertz CT molecular complexity index is 1780. The van der Waals surface area contributed by atoms with Crippen molar-refractivity contribution >= 4 is 31.9 Å². The average molecular weight is 909 g/mol. The maximum absolute atomic E-state index is 6.26. The fourth-order valence-corrected chi connectivity index (χ4v) is 8.38. The van der Waals surface area contributed by atoms with Crippen LogP contribution in [0.2, 0.25) is 0 Å². The van der Waals surface area contributed by atoms with Gasteiger partial charge in [0, 0.05) is 8.95 Å². The van der Waals surface area contributed by atoms with E-state index in [1.807, 2.05) is 0 Å². The molecule has 2 nitrogen and oxygen atoms in total. The SMILES string of the molecule is CCCCCCCCCCCCOc1ccc(-c2cc(-c3ccc(Br)cc3)c(-c3ccc(OCCCCCCCCCCCC)cc3)c(-c3ccc(Br)cc3)c2)cc1. The molecule has 0 aliphatic carbocycles. The van der Waals surface area contributed by atoms with Crippen LogP contribution in [0.3, 0.4) is 0 Å². The fourth-order valence-electron chi connectivity index (χ4n) is 7.85. The van der Waals surface area contributed by atoms with Crippen LogP contribution in [0.5, 0.6) is 11.5 Å². The van der Waals surface area contributed by atoms with Crippen molar-refractivity contribution in [2.24, 2.45) is 0 Å². The van der Waals surface area contributed by atoms with Gasteiger partial charge in [0.1, 0.15) is 11.5 Å². The Labute approximate surface area is 368 Å². The first-order valence-electron chi connectivity index (χ1n) is 22.7. The third kappa shape index (κ3) is 15.7.